The van der Waals surface area contributed by atoms with E-state index in [2.05, 4.69) is 0 Å². The summed E-state index contributed by atoms with van der Waals surface area (Å²) in [5.74, 6) is -0.405. The number of carbonyl (C=O) groups is 2. The Morgan fingerprint density at radius 3 is 1.27 bits per heavy atom. The lowest BCUT2D eigenvalue weighted by Crippen LogP contribution is -2.63. The molecule has 2 atom stereocenters. The van der Waals surface area contributed by atoms with Crippen LogP contribution in [0, 0.1) is 22.7 Å². The van der Waals surface area contributed by atoms with Gasteiger partial charge in [0, 0.05) is 11.4 Å². The molecule has 3 rings (SSSR count). The predicted molar refractivity (Wildman–Crippen MR) is 96.2 cm³/mol. The number of rotatable bonds is 2. The smallest absolute Gasteiger partial charge is 0.250 e. The first-order chi connectivity index (χ1) is 12.5. The van der Waals surface area contributed by atoms with Crippen molar-refractivity contribution in [2.45, 2.75) is 25.9 Å². The minimum absolute atomic E-state index is 0.203. The summed E-state index contributed by atoms with van der Waals surface area (Å²) in [5.41, 5.74) is 2.15. The minimum atomic E-state index is -0.678. The predicted octanol–water partition coefficient (Wildman–Crippen LogP) is 2.59. The Balaban J connectivity index is 1.95. The number of nitriles is 2. The quantitative estimate of drug-likeness (QED) is 0.837. The highest BCUT2D eigenvalue weighted by molar-refractivity contribution is 6.15. The van der Waals surface area contributed by atoms with Gasteiger partial charge in [0.2, 0.25) is 0 Å². The number of hydrogen-bond donors (Lipinski definition) is 0. The van der Waals surface area contributed by atoms with Crippen LogP contribution in [-0.2, 0) is 9.59 Å². The van der Waals surface area contributed by atoms with Crippen molar-refractivity contribution in [3.8, 4) is 12.1 Å². The second-order valence-corrected chi connectivity index (χ2v) is 6.09. The van der Waals surface area contributed by atoms with Crippen LogP contribution in [0.3, 0.4) is 0 Å². The molecule has 2 amide bonds. The summed E-state index contributed by atoms with van der Waals surface area (Å²) in [6.07, 6.45) is 0. The van der Waals surface area contributed by atoms with Gasteiger partial charge in [-0.05, 0) is 62.4 Å². The van der Waals surface area contributed by atoms with Crippen LogP contribution < -0.4 is 9.80 Å². The number of piperazine rings is 1. The van der Waals surface area contributed by atoms with Crippen LogP contribution in [0.4, 0.5) is 11.4 Å². The lowest BCUT2D eigenvalue weighted by atomic mass is 10.0. The molecule has 6 nitrogen and oxygen atoms in total. The van der Waals surface area contributed by atoms with Gasteiger partial charge in [0.15, 0.2) is 0 Å². The van der Waals surface area contributed by atoms with Gasteiger partial charge >= 0.3 is 0 Å². The Bertz CT molecular complexity index is 856. The Morgan fingerprint density at radius 1 is 0.692 bits per heavy atom. The number of carbonyl (C=O) groups excluding carboxylic acids is 2. The van der Waals surface area contributed by atoms with E-state index in [-0.39, 0.29) is 11.8 Å². The number of hydrogen-bond acceptors (Lipinski definition) is 4. The number of benzene rings is 2. The Morgan fingerprint density at radius 2 is 1.00 bits per heavy atom. The molecule has 1 saturated heterocycles. The fourth-order valence-corrected chi connectivity index (χ4v) is 3.10. The average molecular weight is 344 g/mol. The first-order valence-corrected chi connectivity index (χ1v) is 8.14. The first-order valence-electron chi connectivity index (χ1n) is 8.14. The minimum Gasteiger partial charge on any atom is -0.298 e. The van der Waals surface area contributed by atoms with Crippen LogP contribution in [0.25, 0.3) is 0 Å². The van der Waals surface area contributed by atoms with Crippen molar-refractivity contribution in [2.24, 2.45) is 0 Å². The fourth-order valence-electron chi connectivity index (χ4n) is 3.10. The molecule has 26 heavy (non-hydrogen) atoms. The molecular formula is C20H16N4O2. The molecule has 2 aromatic rings. The Labute approximate surface area is 151 Å². The monoisotopic (exact) mass is 344 g/mol. The van der Waals surface area contributed by atoms with Gasteiger partial charge in [-0.15, -0.1) is 0 Å². The maximum atomic E-state index is 13.0. The summed E-state index contributed by atoms with van der Waals surface area (Å²) in [4.78, 5) is 28.8. The summed E-state index contributed by atoms with van der Waals surface area (Å²) >= 11 is 0. The van der Waals surface area contributed by atoms with Crippen molar-refractivity contribution in [1.82, 2.24) is 0 Å². The average Bonchev–Trinajstić information content (AvgIpc) is 2.68. The molecule has 128 valence electrons. The fraction of sp³-hybridized carbons (Fsp3) is 0.200. The zero-order valence-corrected chi connectivity index (χ0v) is 14.4. The lowest BCUT2D eigenvalue weighted by molar-refractivity contribution is -0.130. The number of nitrogens with zero attached hydrogens (tertiary/aromatic N) is 4. The second kappa shape index (κ2) is 6.70. The van der Waals surface area contributed by atoms with Crippen molar-refractivity contribution >= 4 is 23.2 Å². The topological polar surface area (TPSA) is 88.2 Å². The lowest BCUT2D eigenvalue weighted by Gasteiger charge is -2.42. The summed E-state index contributed by atoms with van der Waals surface area (Å²) in [5, 5.41) is 17.8. The molecular weight excluding hydrogens is 328 g/mol. The van der Waals surface area contributed by atoms with Gasteiger partial charge in [0.25, 0.3) is 11.8 Å². The zero-order valence-electron chi connectivity index (χ0n) is 14.4. The van der Waals surface area contributed by atoms with Crippen molar-refractivity contribution < 1.29 is 9.59 Å². The van der Waals surface area contributed by atoms with E-state index < -0.39 is 12.1 Å². The van der Waals surface area contributed by atoms with E-state index in [9.17, 15) is 9.59 Å². The van der Waals surface area contributed by atoms with Crippen LogP contribution in [0.1, 0.15) is 25.0 Å². The van der Waals surface area contributed by atoms with Crippen LogP contribution in [0.5, 0.6) is 0 Å². The second-order valence-electron chi connectivity index (χ2n) is 6.09. The number of amides is 2. The van der Waals surface area contributed by atoms with E-state index in [0.717, 1.165) is 0 Å². The molecule has 0 unspecified atom stereocenters. The molecule has 0 aliphatic carbocycles. The molecule has 0 aromatic heterocycles. The van der Waals surface area contributed by atoms with Gasteiger partial charge in [-0.1, -0.05) is 0 Å². The van der Waals surface area contributed by atoms with E-state index in [0.29, 0.717) is 22.5 Å². The normalized spacial score (nSPS) is 19.8. The largest absolute Gasteiger partial charge is 0.298 e. The molecule has 0 spiro atoms. The molecule has 1 aliphatic rings. The summed E-state index contributed by atoms with van der Waals surface area (Å²) in [7, 11) is 0. The standard InChI is InChI=1S/C20H16N4O2/c1-13-19(25)24(18-9-5-16(12-22)6-10-18)14(2)20(26)23(13)17-7-3-15(11-21)4-8-17/h3-10,13-14H,1-2H3/t13-,14+. The van der Waals surface area contributed by atoms with Crippen LogP contribution in [0.15, 0.2) is 48.5 Å². The van der Waals surface area contributed by atoms with E-state index >= 15 is 0 Å². The van der Waals surface area contributed by atoms with E-state index in [1.54, 1.807) is 62.4 Å². The molecule has 0 saturated carbocycles. The zero-order chi connectivity index (χ0) is 18.8. The maximum Gasteiger partial charge on any atom is 0.250 e. The van der Waals surface area contributed by atoms with Gasteiger partial charge in [0.05, 0.1) is 23.3 Å². The third-order valence-electron chi connectivity index (χ3n) is 4.51. The highest BCUT2D eigenvalue weighted by Gasteiger charge is 2.43. The summed E-state index contributed by atoms with van der Waals surface area (Å²) in [6.45, 7) is 3.36. The van der Waals surface area contributed by atoms with Crippen molar-refractivity contribution in [2.75, 3.05) is 9.80 Å². The van der Waals surface area contributed by atoms with E-state index in [1.165, 1.54) is 9.80 Å². The molecule has 1 aliphatic heterocycles. The summed E-state index contributed by atoms with van der Waals surface area (Å²) < 4.78 is 0. The van der Waals surface area contributed by atoms with Gasteiger partial charge in [-0.2, -0.15) is 10.5 Å². The molecule has 0 N–H and O–H groups in total. The van der Waals surface area contributed by atoms with Crippen LogP contribution >= 0.6 is 0 Å². The van der Waals surface area contributed by atoms with Gasteiger partial charge < -0.3 is 0 Å². The Kier molecular flexibility index (Phi) is 4.43. The van der Waals surface area contributed by atoms with Gasteiger partial charge in [-0.25, -0.2) is 0 Å². The third-order valence-corrected chi connectivity index (χ3v) is 4.51. The molecule has 0 bridgehead atoms. The van der Waals surface area contributed by atoms with Crippen molar-refractivity contribution in [1.29, 1.82) is 10.5 Å². The highest BCUT2D eigenvalue weighted by Crippen LogP contribution is 2.29. The van der Waals surface area contributed by atoms with Crippen molar-refractivity contribution in [3.63, 3.8) is 0 Å². The first kappa shape index (κ1) is 17.2. The van der Waals surface area contributed by atoms with Crippen molar-refractivity contribution in [3.05, 3.63) is 59.7 Å². The molecule has 0 radical (unpaired) electrons. The maximum absolute atomic E-state index is 13.0. The van der Waals surface area contributed by atoms with Crippen LogP contribution in [0.2, 0.25) is 0 Å². The number of anilines is 2. The molecule has 1 fully saturated rings. The van der Waals surface area contributed by atoms with Gasteiger partial charge in [0.1, 0.15) is 12.1 Å². The van der Waals surface area contributed by atoms with Gasteiger partial charge in [-0.3, -0.25) is 19.4 Å². The highest BCUT2D eigenvalue weighted by atomic mass is 16.2. The van der Waals surface area contributed by atoms with E-state index in [4.69, 9.17) is 10.5 Å². The SMILES string of the molecule is C[C@@H]1C(=O)N(c2ccc(C#N)cc2)[C@@H](C)C(=O)N1c1ccc(C#N)cc1. The summed E-state index contributed by atoms with van der Waals surface area (Å²) in [6, 6.07) is 15.9. The molecule has 2 aromatic carbocycles. The van der Waals surface area contributed by atoms with E-state index in [1.807, 2.05) is 12.1 Å². The molecule has 6 heteroatoms. The third kappa shape index (κ3) is 2.78. The Hall–Kier alpha value is -3.64. The van der Waals surface area contributed by atoms with Crippen LogP contribution in [-0.4, -0.2) is 23.9 Å². The molecule has 1 heterocycles.